The fourth-order valence-electron chi connectivity index (χ4n) is 1.82. The van der Waals surface area contributed by atoms with Crippen LogP contribution < -0.4 is 5.73 Å². The van der Waals surface area contributed by atoms with Gasteiger partial charge in [0.05, 0.1) is 6.04 Å². The first kappa shape index (κ1) is 16.4. The van der Waals surface area contributed by atoms with Crippen molar-refractivity contribution in [2.75, 3.05) is 32.7 Å². The van der Waals surface area contributed by atoms with Gasteiger partial charge in [-0.1, -0.05) is 27.7 Å². The second kappa shape index (κ2) is 8.48. The molecule has 0 radical (unpaired) electrons. The molecule has 0 saturated heterocycles. The minimum Gasteiger partial charge on any atom is -0.340 e. The number of hydrogen-bond donors (Lipinski definition) is 1. The summed E-state index contributed by atoms with van der Waals surface area (Å²) in [7, 11) is 0. The van der Waals surface area contributed by atoms with Crippen LogP contribution in [0.15, 0.2) is 0 Å². The third kappa shape index (κ3) is 6.64. The van der Waals surface area contributed by atoms with Gasteiger partial charge in [-0.2, -0.15) is 0 Å². The van der Waals surface area contributed by atoms with Gasteiger partial charge < -0.3 is 15.5 Å². The van der Waals surface area contributed by atoms with E-state index in [2.05, 4.69) is 32.6 Å². The number of carbonyl (C=O) groups excluding carboxylic acids is 1. The van der Waals surface area contributed by atoms with E-state index in [9.17, 15) is 4.79 Å². The molecule has 0 bridgehead atoms. The lowest BCUT2D eigenvalue weighted by Gasteiger charge is -2.29. The highest BCUT2D eigenvalue weighted by Crippen LogP contribution is 2.02. The molecular weight excluding hydrogens is 214 g/mol. The van der Waals surface area contributed by atoms with Crippen molar-refractivity contribution >= 4 is 5.91 Å². The van der Waals surface area contributed by atoms with E-state index in [1.54, 1.807) is 6.92 Å². The first-order valence-corrected chi connectivity index (χ1v) is 6.69. The van der Waals surface area contributed by atoms with Gasteiger partial charge in [0.2, 0.25) is 5.91 Å². The Morgan fingerprint density at radius 2 is 1.65 bits per heavy atom. The van der Waals surface area contributed by atoms with E-state index in [4.69, 9.17) is 5.73 Å². The van der Waals surface area contributed by atoms with E-state index in [0.29, 0.717) is 5.92 Å². The summed E-state index contributed by atoms with van der Waals surface area (Å²) in [6.07, 6.45) is 0. The van der Waals surface area contributed by atoms with Crippen LogP contribution in [-0.4, -0.2) is 54.5 Å². The van der Waals surface area contributed by atoms with Crippen LogP contribution in [0.5, 0.6) is 0 Å². The molecule has 0 aliphatic heterocycles. The number of nitrogens with zero attached hydrogens (tertiary/aromatic N) is 2. The predicted molar refractivity (Wildman–Crippen MR) is 72.9 cm³/mol. The van der Waals surface area contributed by atoms with Crippen LogP contribution in [0.25, 0.3) is 0 Å². The minimum absolute atomic E-state index is 0.0610. The standard InChI is InChI=1S/C13H29N3O/c1-6-15(7-2)8-9-16(10-11(3)4)13(17)12(5)14/h11-12H,6-10,14H2,1-5H3/t12-/m1/s1. The van der Waals surface area contributed by atoms with E-state index < -0.39 is 6.04 Å². The average molecular weight is 243 g/mol. The van der Waals surface area contributed by atoms with Crippen molar-refractivity contribution in [1.82, 2.24) is 9.80 Å². The van der Waals surface area contributed by atoms with E-state index in [1.165, 1.54) is 0 Å². The summed E-state index contributed by atoms with van der Waals surface area (Å²) in [5, 5.41) is 0. The van der Waals surface area contributed by atoms with Gasteiger partial charge in [0.25, 0.3) is 0 Å². The van der Waals surface area contributed by atoms with Crippen LogP contribution >= 0.6 is 0 Å². The summed E-state index contributed by atoms with van der Waals surface area (Å²) in [5.41, 5.74) is 5.68. The van der Waals surface area contributed by atoms with Crippen molar-refractivity contribution in [3.63, 3.8) is 0 Å². The summed E-state index contributed by atoms with van der Waals surface area (Å²) in [6, 6.07) is -0.398. The fraction of sp³-hybridized carbons (Fsp3) is 0.923. The Morgan fingerprint density at radius 1 is 1.12 bits per heavy atom. The smallest absolute Gasteiger partial charge is 0.239 e. The van der Waals surface area contributed by atoms with Crippen LogP contribution in [0.1, 0.15) is 34.6 Å². The molecule has 0 aromatic carbocycles. The molecule has 2 N–H and O–H groups in total. The SMILES string of the molecule is CCN(CC)CCN(CC(C)C)C(=O)[C@@H](C)N. The maximum absolute atomic E-state index is 12.0. The number of hydrogen-bond acceptors (Lipinski definition) is 3. The van der Waals surface area contributed by atoms with Gasteiger partial charge in [0, 0.05) is 19.6 Å². The zero-order valence-corrected chi connectivity index (χ0v) is 12.1. The first-order valence-electron chi connectivity index (χ1n) is 6.69. The van der Waals surface area contributed by atoms with Crippen molar-refractivity contribution in [2.24, 2.45) is 11.7 Å². The van der Waals surface area contributed by atoms with Gasteiger partial charge in [-0.3, -0.25) is 4.79 Å². The van der Waals surface area contributed by atoms with Gasteiger partial charge in [-0.25, -0.2) is 0 Å². The number of nitrogens with two attached hydrogens (primary N) is 1. The number of carbonyl (C=O) groups is 1. The second-order valence-corrected chi connectivity index (χ2v) is 4.99. The Balaban J connectivity index is 4.33. The molecule has 0 rings (SSSR count). The maximum Gasteiger partial charge on any atom is 0.239 e. The molecule has 0 aliphatic rings. The zero-order valence-electron chi connectivity index (χ0n) is 12.1. The molecule has 0 aromatic rings. The topological polar surface area (TPSA) is 49.6 Å². The highest BCUT2D eigenvalue weighted by molar-refractivity contribution is 5.81. The van der Waals surface area contributed by atoms with Crippen molar-refractivity contribution in [3.05, 3.63) is 0 Å². The van der Waals surface area contributed by atoms with Crippen molar-refractivity contribution in [1.29, 1.82) is 0 Å². The molecule has 0 fully saturated rings. The third-order valence-electron chi connectivity index (χ3n) is 2.87. The Kier molecular flexibility index (Phi) is 8.17. The molecule has 102 valence electrons. The fourth-order valence-corrected chi connectivity index (χ4v) is 1.82. The van der Waals surface area contributed by atoms with Gasteiger partial charge in [0.15, 0.2) is 0 Å². The van der Waals surface area contributed by atoms with Gasteiger partial charge in [0.1, 0.15) is 0 Å². The van der Waals surface area contributed by atoms with E-state index in [-0.39, 0.29) is 5.91 Å². The molecule has 1 atom stereocenters. The van der Waals surface area contributed by atoms with Crippen LogP contribution in [0.3, 0.4) is 0 Å². The van der Waals surface area contributed by atoms with Crippen molar-refractivity contribution < 1.29 is 4.79 Å². The van der Waals surface area contributed by atoms with Gasteiger partial charge in [-0.15, -0.1) is 0 Å². The van der Waals surface area contributed by atoms with Crippen molar-refractivity contribution in [3.8, 4) is 0 Å². The summed E-state index contributed by atoms with van der Waals surface area (Å²) in [5.74, 6) is 0.542. The molecule has 0 aliphatic carbocycles. The van der Waals surface area contributed by atoms with Crippen molar-refractivity contribution in [2.45, 2.75) is 40.7 Å². The average Bonchev–Trinajstić information content (AvgIpc) is 2.27. The maximum atomic E-state index is 12.0. The molecular formula is C13H29N3O. The number of likely N-dealkylation sites (N-methyl/N-ethyl adjacent to an activating group) is 1. The van der Waals surface area contributed by atoms with E-state index in [0.717, 1.165) is 32.7 Å². The number of amides is 1. The summed E-state index contributed by atoms with van der Waals surface area (Å²) in [6.45, 7) is 14.8. The minimum atomic E-state index is -0.398. The Hall–Kier alpha value is -0.610. The van der Waals surface area contributed by atoms with E-state index >= 15 is 0 Å². The van der Waals surface area contributed by atoms with Crippen LogP contribution in [0.4, 0.5) is 0 Å². The van der Waals surface area contributed by atoms with Gasteiger partial charge >= 0.3 is 0 Å². The molecule has 0 aromatic heterocycles. The summed E-state index contributed by atoms with van der Waals surface area (Å²) in [4.78, 5) is 16.2. The third-order valence-corrected chi connectivity index (χ3v) is 2.87. The molecule has 0 heterocycles. The zero-order chi connectivity index (χ0) is 13.4. The highest BCUT2D eigenvalue weighted by atomic mass is 16.2. The molecule has 4 nitrogen and oxygen atoms in total. The predicted octanol–water partition coefficient (Wildman–Crippen LogP) is 1.16. The second-order valence-electron chi connectivity index (χ2n) is 4.99. The Bertz CT molecular complexity index is 213. The first-order chi connectivity index (χ1) is 7.92. The lowest BCUT2D eigenvalue weighted by Crippen LogP contribution is -2.46. The van der Waals surface area contributed by atoms with Crippen LogP contribution in [-0.2, 0) is 4.79 Å². The molecule has 4 heteroatoms. The summed E-state index contributed by atoms with van der Waals surface area (Å²) < 4.78 is 0. The molecule has 0 spiro atoms. The molecule has 1 amide bonds. The van der Waals surface area contributed by atoms with Crippen LogP contribution in [0.2, 0.25) is 0 Å². The monoisotopic (exact) mass is 243 g/mol. The Morgan fingerprint density at radius 3 is 2.00 bits per heavy atom. The van der Waals surface area contributed by atoms with Crippen LogP contribution in [0, 0.1) is 5.92 Å². The Labute approximate surface area is 106 Å². The lowest BCUT2D eigenvalue weighted by atomic mass is 10.2. The highest BCUT2D eigenvalue weighted by Gasteiger charge is 2.18. The van der Waals surface area contributed by atoms with Gasteiger partial charge in [-0.05, 0) is 25.9 Å². The molecule has 17 heavy (non-hydrogen) atoms. The summed E-state index contributed by atoms with van der Waals surface area (Å²) >= 11 is 0. The number of rotatable bonds is 8. The normalized spacial score (nSPS) is 13.2. The quantitative estimate of drug-likeness (QED) is 0.696. The molecule has 0 saturated carbocycles. The molecule has 0 unspecified atom stereocenters. The lowest BCUT2D eigenvalue weighted by molar-refractivity contribution is -0.133. The largest absolute Gasteiger partial charge is 0.340 e. The van der Waals surface area contributed by atoms with E-state index in [1.807, 2.05) is 4.90 Å².